The summed E-state index contributed by atoms with van der Waals surface area (Å²) < 4.78 is 17.4. The molecule has 11 N–H and O–H groups in total. The van der Waals surface area contributed by atoms with Crippen LogP contribution in [0.1, 0.15) is 17.5 Å². The summed E-state index contributed by atoms with van der Waals surface area (Å²) in [6, 6.07) is 3.97. The number of rotatable bonds is 3. The molecule has 1 spiro atoms. The molecular formula is C23H33NO12. The van der Waals surface area contributed by atoms with Crippen molar-refractivity contribution >= 4 is 5.97 Å². The van der Waals surface area contributed by atoms with Gasteiger partial charge in [-0.1, -0.05) is 18.2 Å². The summed E-state index contributed by atoms with van der Waals surface area (Å²) in [4.78, 5) is 12.8. The molecule has 36 heavy (non-hydrogen) atoms. The van der Waals surface area contributed by atoms with Crippen LogP contribution in [0.2, 0.25) is 0 Å². The third-order valence-corrected chi connectivity index (χ3v) is 8.33. The molecular weight excluding hydrogens is 482 g/mol. The summed E-state index contributed by atoms with van der Waals surface area (Å²) >= 11 is 0. The van der Waals surface area contributed by atoms with Gasteiger partial charge in [0.05, 0.1) is 31.0 Å². The van der Waals surface area contributed by atoms with Crippen LogP contribution in [-0.2, 0) is 21.4 Å². The molecule has 0 amide bonds. The number of aliphatic carboxylic acids is 1. The summed E-state index contributed by atoms with van der Waals surface area (Å²) in [6.45, 7) is 0.938. The maximum absolute atomic E-state index is 11.3. The van der Waals surface area contributed by atoms with Gasteiger partial charge in [0.2, 0.25) is 6.29 Å². The van der Waals surface area contributed by atoms with Gasteiger partial charge in [0.15, 0.2) is 11.5 Å². The minimum Gasteiger partial charge on any atom is -0.547 e. The van der Waals surface area contributed by atoms with Gasteiger partial charge < -0.3 is 65.9 Å². The molecule has 11 atom stereocenters. The number of aliphatic hydroxyl groups excluding tert-OH is 4. The summed E-state index contributed by atoms with van der Waals surface area (Å²) in [7, 11) is 2.19. The summed E-state index contributed by atoms with van der Waals surface area (Å²) in [5, 5.41) is 52.5. The Bertz CT molecular complexity index is 1030. The minimum absolute atomic E-state index is 0. The Labute approximate surface area is 206 Å². The number of likely N-dealkylation sites (N-methyl/N-ethyl adjacent to an activating group) is 1. The van der Waals surface area contributed by atoms with E-state index in [-0.39, 0.29) is 28.1 Å². The largest absolute Gasteiger partial charge is 0.547 e. The Balaban J connectivity index is 0.00000120. The lowest BCUT2D eigenvalue weighted by Crippen LogP contribution is -3.16. The third-order valence-electron chi connectivity index (χ3n) is 8.33. The molecule has 2 aliphatic carbocycles. The fraction of sp³-hybridized carbons (Fsp3) is 0.609. The van der Waals surface area contributed by atoms with E-state index in [0.29, 0.717) is 11.8 Å². The highest BCUT2D eigenvalue weighted by Crippen LogP contribution is 2.61. The van der Waals surface area contributed by atoms with Gasteiger partial charge in [-0.15, -0.1) is 0 Å². The van der Waals surface area contributed by atoms with Crippen LogP contribution in [0, 0.1) is 5.92 Å². The quantitative estimate of drug-likeness (QED) is 0.240. The first-order valence-corrected chi connectivity index (χ1v) is 11.3. The Hall–Kier alpha value is -2.33. The van der Waals surface area contributed by atoms with Crippen LogP contribution in [0.5, 0.6) is 11.5 Å². The van der Waals surface area contributed by atoms with Crippen molar-refractivity contribution < 1.29 is 65.9 Å². The SMILES string of the molecule is C[NH+]1CC[C@]23c4c5ccc(O[C@@H]6O[C@H](C(=O)[O-])[C@@H](O)[C@H](O)[C@H]6O)c4O[C@H]2[C@@H](O)C=C[C@H]3[C@H]1C5.O.O.O. The van der Waals surface area contributed by atoms with Gasteiger partial charge in [0.1, 0.15) is 36.6 Å². The van der Waals surface area contributed by atoms with Crippen LogP contribution >= 0.6 is 0 Å². The second-order valence-corrected chi connectivity index (χ2v) is 9.90. The predicted octanol–water partition coefficient (Wildman–Crippen LogP) is -6.46. The Morgan fingerprint density at radius 3 is 2.53 bits per heavy atom. The fourth-order valence-electron chi connectivity index (χ4n) is 6.73. The number of hydrogen-bond acceptors (Lipinski definition) is 9. The second kappa shape index (κ2) is 9.52. The number of likely N-dealkylation sites (tertiary alicyclic amines) is 1. The topological polar surface area (TPSA) is 248 Å². The Morgan fingerprint density at radius 2 is 1.83 bits per heavy atom. The van der Waals surface area contributed by atoms with Gasteiger partial charge in [-0.3, -0.25) is 0 Å². The third kappa shape index (κ3) is 3.55. The van der Waals surface area contributed by atoms with Gasteiger partial charge in [0.25, 0.3) is 0 Å². The number of carboxylic acid groups (broad SMARTS) is 1. The zero-order valence-corrected chi connectivity index (χ0v) is 19.5. The minimum atomic E-state index is -1.87. The van der Waals surface area contributed by atoms with E-state index in [9.17, 15) is 30.3 Å². The van der Waals surface area contributed by atoms with Crippen LogP contribution in [0.3, 0.4) is 0 Å². The van der Waals surface area contributed by atoms with Crippen molar-refractivity contribution in [3.63, 3.8) is 0 Å². The second-order valence-electron chi connectivity index (χ2n) is 9.90. The molecule has 1 aromatic rings. The van der Waals surface area contributed by atoms with Gasteiger partial charge in [0, 0.05) is 24.3 Å². The number of quaternary nitrogens is 1. The van der Waals surface area contributed by atoms with E-state index in [1.807, 2.05) is 6.07 Å². The molecule has 0 radical (unpaired) electrons. The summed E-state index contributed by atoms with van der Waals surface area (Å²) in [5.41, 5.74) is 1.72. The normalized spacial score (nSPS) is 43.0. The molecule has 3 heterocycles. The van der Waals surface area contributed by atoms with Crippen molar-refractivity contribution in [2.24, 2.45) is 5.92 Å². The molecule has 1 unspecified atom stereocenters. The van der Waals surface area contributed by atoms with Crippen molar-refractivity contribution in [3.05, 3.63) is 35.4 Å². The number of nitrogens with one attached hydrogen (secondary N) is 1. The van der Waals surface area contributed by atoms with Crippen molar-refractivity contribution in [2.45, 2.75) is 67.2 Å². The lowest BCUT2D eigenvalue weighted by atomic mass is 9.53. The van der Waals surface area contributed by atoms with E-state index < -0.39 is 54.3 Å². The highest BCUT2D eigenvalue weighted by Gasteiger charge is 2.66. The molecule has 202 valence electrons. The number of aliphatic hydroxyl groups is 4. The molecule has 2 fully saturated rings. The number of piperidine rings is 1. The van der Waals surface area contributed by atoms with Crippen molar-refractivity contribution in [1.29, 1.82) is 0 Å². The Morgan fingerprint density at radius 1 is 1.11 bits per heavy atom. The van der Waals surface area contributed by atoms with Crippen LogP contribution in [0.4, 0.5) is 0 Å². The van der Waals surface area contributed by atoms with E-state index in [1.165, 1.54) is 4.90 Å². The molecule has 0 aromatic heterocycles. The number of carboxylic acids is 1. The number of carbonyl (C=O) groups is 1. The van der Waals surface area contributed by atoms with Gasteiger partial charge >= 0.3 is 0 Å². The molecule has 3 aliphatic heterocycles. The maximum atomic E-state index is 11.3. The number of hydrogen-bond donors (Lipinski definition) is 5. The standard InChI is InChI=1S/C23H27NO9.3H2O/c1-24-7-6-23-10-3-4-12(25)20(23)32-18-13(5-2-9(14(18)23)8-11(10)24)31-22-17(28)15(26)16(27)19(33-22)21(29)30;;;/h2-5,10-12,15-17,19-20,22,25-28H,6-8H2,1H3,(H,29,30);3*1H2/t10-,11+,12-,15-,16-,17+,19-,20-,22+,23-;;;/m0.../s1. The lowest BCUT2D eigenvalue weighted by molar-refractivity contribution is -0.917. The molecule has 1 aromatic carbocycles. The summed E-state index contributed by atoms with van der Waals surface area (Å²) in [6.07, 6.45) is -4.48. The van der Waals surface area contributed by atoms with Crippen molar-refractivity contribution in [3.8, 4) is 11.5 Å². The molecule has 2 bridgehead atoms. The first kappa shape index (κ1) is 28.2. The first-order chi connectivity index (χ1) is 15.7. The van der Waals surface area contributed by atoms with E-state index in [2.05, 4.69) is 13.1 Å². The zero-order chi connectivity index (χ0) is 23.2. The molecule has 13 heteroatoms. The van der Waals surface area contributed by atoms with E-state index in [0.717, 1.165) is 30.5 Å². The Kier molecular flexibility index (Phi) is 7.47. The maximum Gasteiger partial charge on any atom is 0.229 e. The van der Waals surface area contributed by atoms with Crippen LogP contribution < -0.4 is 19.5 Å². The highest BCUT2D eigenvalue weighted by atomic mass is 16.7. The number of carbonyl (C=O) groups excluding carboxylic acids is 1. The van der Waals surface area contributed by atoms with Crippen LogP contribution in [0.15, 0.2) is 24.3 Å². The van der Waals surface area contributed by atoms with Crippen LogP contribution in [0.25, 0.3) is 0 Å². The first-order valence-electron chi connectivity index (χ1n) is 11.3. The van der Waals surface area contributed by atoms with Gasteiger partial charge in [-0.2, -0.15) is 0 Å². The van der Waals surface area contributed by atoms with E-state index in [1.54, 1.807) is 12.1 Å². The molecule has 0 saturated carbocycles. The number of ether oxygens (including phenoxy) is 3. The van der Waals surface area contributed by atoms with Crippen molar-refractivity contribution in [2.75, 3.05) is 13.6 Å². The predicted molar refractivity (Wildman–Crippen MR) is 118 cm³/mol. The summed E-state index contributed by atoms with van der Waals surface area (Å²) in [5.74, 6) is -0.864. The van der Waals surface area contributed by atoms with Gasteiger partial charge in [-0.05, 0) is 11.6 Å². The molecule has 5 aliphatic rings. The molecule has 2 saturated heterocycles. The molecule has 13 nitrogen and oxygen atoms in total. The van der Waals surface area contributed by atoms with Crippen LogP contribution in [-0.4, -0.2) is 105 Å². The van der Waals surface area contributed by atoms with E-state index >= 15 is 0 Å². The highest BCUT2D eigenvalue weighted by molar-refractivity contribution is 5.71. The monoisotopic (exact) mass is 515 g/mol. The smallest absolute Gasteiger partial charge is 0.229 e. The number of benzene rings is 1. The average Bonchev–Trinajstić information content (AvgIpc) is 3.14. The zero-order valence-electron chi connectivity index (χ0n) is 19.5. The lowest BCUT2D eigenvalue weighted by Gasteiger charge is -2.54. The fourth-order valence-corrected chi connectivity index (χ4v) is 6.73. The molecule has 6 rings (SSSR count). The van der Waals surface area contributed by atoms with E-state index in [4.69, 9.17) is 14.2 Å². The van der Waals surface area contributed by atoms with Gasteiger partial charge in [-0.25, -0.2) is 0 Å². The average molecular weight is 516 g/mol. The van der Waals surface area contributed by atoms with Crippen molar-refractivity contribution in [1.82, 2.24) is 0 Å².